The summed E-state index contributed by atoms with van der Waals surface area (Å²) in [6.45, 7) is 0.957. The van der Waals surface area contributed by atoms with Crippen LogP contribution in [0.25, 0.3) is 0 Å². The van der Waals surface area contributed by atoms with Crippen molar-refractivity contribution < 1.29 is 9.50 Å². The van der Waals surface area contributed by atoms with Crippen molar-refractivity contribution in [2.75, 3.05) is 31.4 Å². The van der Waals surface area contributed by atoms with Crippen molar-refractivity contribution in [3.05, 3.63) is 29.6 Å². The fraction of sp³-hybridized carbons (Fsp3) is 0.533. The molecule has 0 radical (unpaired) electrons. The van der Waals surface area contributed by atoms with Crippen molar-refractivity contribution in [1.29, 1.82) is 0 Å². The van der Waals surface area contributed by atoms with E-state index in [0.717, 1.165) is 28.4 Å². The number of guanidine groups is 1. The van der Waals surface area contributed by atoms with Crippen LogP contribution in [-0.4, -0.2) is 48.0 Å². The van der Waals surface area contributed by atoms with E-state index in [9.17, 15) is 9.50 Å². The molecule has 1 unspecified atom stereocenters. The summed E-state index contributed by atoms with van der Waals surface area (Å²) >= 11 is 3.35. The smallest absolute Gasteiger partial charge is 0.191 e. The van der Waals surface area contributed by atoms with Crippen LogP contribution in [-0.2, 0) is 6.54 Å². The first-order valence-electron chi connectivity index (χ1n) is 7.13. The number of nitrogens with zero attached hydrogens (tertiary/aromatic N) is 1. The van der Waals surface area contributed by atoms with Crippen LogP contribution in [0.2, 0.25) is 0 Å². The Morgan fingerprint density at radius 1 is 1.50 bits per heavy atom. The summed E-state index contributed by atoms with van der Waals surface area (Å²) in [5.74, 6) is 2.11. The fourth-order valence-corrected chi connectivity index (χ4v) is 4.16. The van der Waals surface area contributed by atoms with Crippen LogP contribution in [0.1, 0.15) is 12.0 Å². The molecule has 3 N–H and O–H groups in total. The number of halogens is 1. The second kappa shape index (κ2) is 8.08. The summed E-state index contributed by atoms with van der Waals surface area (Å²) in [6.07, 6.45) is 2.76. The van der Waals surface area contributed by atoms with Gasteiger partial charge in [0.05, 0.1) is 5.60 Å². The van der Waals surface area contributed by atoms with E-state index in [1.54, 1.807) is 36.6 Å². The topological polar surface area (TPSA) is 56.7 Å². The van der Waals surface area contributed by atoms with Gasteiger partial charge in [-0.25, -0.2) is 4.39 Å². The van der Waals surface area contributed by atoms with E-state index in [4.69, 9.17) is 0 Å². The van der Waals surface area contributed by atoms with Gasteiger partial charge in [-0.1, -0.05) is 0 Å². The highest BCUT2D eigenvalue weighted by Gasteiger charge is 2.31. The van der Waals surface area contributed by atoms with Crippen molar-refractivity contribution in [3.63, 3.8) is 0 Å². The summed E-state index contributed by atoms with van der Waals surface area (Å²) in [6, 6.07) is 4.79. The number of hydrogen-bond acceptors (Lipinski definition) is 4. The van der Waals surface area contributed by atoms with Crippen LogP contribution in [0.4, 0.5) is 4.39 Å². The summed E-state index contributed by atoms with van der Waals surface area (Å²) in [4.78, 5) is 5.19. The van der Waals surface area contributed by atoms with Crippen LogP contribution in [0, 0.1) is 5.82 Å². The Morgan fingerprint density at radius 3 is 2.95 bits per heavy atom. The number of aliphatic hydroxyl groups is 1. The van der Waals surface area contributed by atoms with Gasteiger partial charge in [-0.15, -0.1) is 11.8 Å². The van der Waals surface area contributed by atoms with Crippen LogP contribution in [0.5, 0.6) is 0 Å². The molecule has 1 aromatic carbocycles. The molecule has 4 nitrogen and oxygen atoms in total. The van der Waals surface area contributed by atoms with Gasteiger partial charge in [0, 0.05) is 30.8 Å². The first-order valence-corrected chi connectivity index (χ1v) is 9.51. The molecule has 1 aliphatic heterocycles. The summed E-state index contributed by atoms with van der Waals surface area (Å²) in [5.41, 5.74) is 0.233. The maximum absolute atomic E-state index is 13.4. The van der Waals surface area contributed by atoms with Crippen molar-refractivity contribution in [1.82, 2.24) is 10.6 Å². The van der Waals surface area contributed by atoms with Crippen LogP contribution >= 0.6 is 23.5 Å². The van der Waals surface area contributed by atoms with Crippen LogP contribution in [0.3, 0.4) is 0 Å². The summed E-state index contributed by atoms with van der Waals surface area (Å²) < 4.78 is 13.4. The maximum Gasteiger partial charge on any atom is 0.191 e. The number of aliphatic imine (C=N–C) groups is 1. The van der Waals surface area contributed by atoms with Crippen molar-refractivity contribution in [3.8, 4) is 0 Å². The molecule has 1 aromatic rings. The zero-order valence-electron chi connectivity index (χ0n) is 12.9. The highest BCUT2D eigenvalue weighted by Crippen LogP contribution is 2.27. The lowest BCUT2D eigenvalue weighted by atomic mass is 10.0. The van der Waals surface area contributed by atoms with Crippen molar-refractivity contribution in [2.45, 2.75) is 23.5 Å². The third kappa shape index (κ3) is 4.79. The second-order valence-corrected chi connectivity index (χ2v) is 7.22. The number of benzene rings is 1. The first kappa shape index (κ1) is 17.4. The fourth-order valence-electron chi connectivity index (χ4n) is 2.27. The first-order chi connectivity index (χ1) is 10.6. The summed E-state index contributed by atoms with van der Waals surface area (Å²) in [5, 5.41) is 16.6. The van der Waals surface area contributed by atoms with Gasteiger partial charge in [-0.3, -0.25) is 4.99 Å². The monoisotopic (exact) mass is 343 g/mol. The van der Waals surface area contributed by atoms with E-state index in [0.29, 0.717) is 19.0 Å². The molecule has 0 saturated carbocycles. The largest absolute Gasteiger partial charge is 0.387 e. The zero-order valence-corrected chi connectivity index (χ0v) is 14.5. The van der Waals surface area contributed by atoms with E-state index >= 15 is 0 Å². The molecule has 22 heavy (non-hydrogen) atoms. The molecule has 0 aromatic heterocycles. The van der Waals surface area contributed by atoms with Gasteiger partial charge >= 0.3 is 0 Å². The molecule has 2 rings (SSSR count). The van der Waals surface area contributed by atoms with Gasteiger partial charge in [-0.05, 0) is 42.2 Å². The van der Waals surface area contributed by atoms with Gasteiger partial charge in [-0.2, -0.15) is 11.8 Å². The van der Waals surface area contributed by atoms with E-state index < -0.39 is 5.60 Å². The average molecular weight is 343 g/mol. The molecule has 7 heteroatoms. The molecule has 0 amide bonds. The number of nitrogens with one attached hydrogen (secondary N) is 2. The molecule has 122 valence electrons. The number of thioether (sulfide) groups is 2. The van der Waals surface area contributed by atoms with E-state index in [2.05, 4.69) is 15.6 Å². The Morgan fingerprint density at radius 2 is 2.32 bits per heavy atom. The predicted molar refractivity (Wildman–Crippen MR) is 93.3 cm³/mol. The number of rotatable bonds is 5. The average Bonchev–Trinajstić information content (AvgIpc) is 2.95. The van der Waals surface area contributed by atoms with Gasteiger partial charge in [0.25, 0.3) is 0 Å². The van der Waals surface area contributed by atoms with Crippen LogP contribution < -0.4 is 10.6 Å². The molecule has 0 bridgehead atoms. The Kier molecular flexibility index (Phi) is 6.40. The quantitative estimate of drug-likeness (QED) is 0.434. The molecule has 1 aliphatic rings. The van der Waals surface area contributed by atoms with Gasteiger partial charge < -0.3 is 15.7 Å². The Balaban J connectivity index is 1.90. The normalized spacial score (nSPS) is 21.9. The Bertz CT molecular complexity index is 534. The minimum absolute atomic E-state index is 0.241. The van der Waals surface area contributed by atoms with Crippen LogP contribution in [0.15, 0.2) is 28.1 Å². The minimum Gasteiger partial charge on any atom is -0.387 e. The molecule has 1 saturated heterocycles. The third-order valence-corrected chi connectivity index (χ3v) is 5.65. The van der Waals surface area contributed by atoms with E-state index in [1.807, 2.05) is 6.26 Å². The molecular weight excluding hydrogens is 321 g/mol. The zero-order chi connectivity index (χ0) is 16.0. The third-order valence-electron chi connectivity index (χ3n) is 3.58. The van der Waals surface area contributed by atoms with Crippen molar-refractivity contribution in [2.24, 2.45) is 4.99 Å². The van der Waals surface area contributed by atoms with E-state index in [-0.39, 0.29) is 5.82 Å². The Labute approximate surface area is 139 Å². The van der Waals surface area contributed by atoms with Crippen molar-refractivity contribution >= 4 is 29.5 Å². The highest BCUT2D eigenvalue weighted by atomic mass is 32.2. The predicted octanol–water partition coefficient (Wildman–Crippen LogP) is 2.08. The lowest BCUT2D eigenvalue weighted by Gasteiger charge is -2.23. The SMILES string of the molecule is CN=C(NCc1cc(F)ccc1SC)NCC1(O)CCSC1. The second-order valence-electron chi connectivity index (χ2n) is 5.26. The molecule has 1 fully saturated rings. The summed E-state index contributed by atoms with van der Waals surface area (Å²) in [7, 11) is 1.68. The number of hydrogen-bond donors (Lipinski definition) is 3. The van der Waals surface area contributed by atoms with Gasteiger partial charge in [0.15, 0.2) is 5.96 Å². The minimum atomic E-state index is -0.661. The molecule has 0 spiro atoms. The van der Waals surface area contributed by atoms with Gasteiger partial charge in [0.2, 0.25) is 0 Å². The molecule has 1 atom stereocenters. The lowest BCUT2D eigenvalue weighted by Crippen LogP contribution is -2.47. The molecule has 1 heterocycles. The van der Waals surface area contributed by atoms with E-state index in [1.165, 1.54) is 12.1 Å². The van der Waals surface area contributed by atoms with Gasteiger partial charge in [0.1, 0.15) is 5.82 Å². The standard InChI is InChI=1S/C15H22FN3OS2/c1-17-14(19-9-15(20)5-6-22-10-15)18-8-11-7-12(16)3-4-13(11)21-2/h3-4,7,20H,5-6,8-10H2,1-2H3,(H2,17,18,19). The Hall–Kier alpha value is -0.920. The highest BCUT2D eigenvalue weighted by molar-refractivity contribution is 7.99. The molecule has 0 aliphatic carbocycles. The lowest BCUT2D eigenvalue weighted by molar-refractivity contribution is 0.0724. The molecular formula is C15H22FN3OS2. The maximum atomic E-state index is 13.4.